The van der Waals surface area contributed by atoms with Crippen LogP contribution in [0.2, 0.25) is 0 Å². The number of nitrogens with zero attached hydrogens (tertiary/aromatic N) is 1. The normalized spacial score (nSPS) is 18.0. The van der Waals surface area contributed by atoms with Crippen molar-refractivity contribution in [1.29, 1.82) is 0 Å². The Bertz CT molecular complexity index is 766. The van der Waals surface area contributed by atoms with Gasteiger partial charge < -0.3 is 10.2 Å². The van der Waals surface area contributed by atoms with Gasteiger partial charge in [0, 0.05) is 25.4 Å². The number of carbonyl (C=O) groups is 2. The molecule has 1 aromatic rings. The summed E-state index contributed by atoms with van der Waals surface area (Å²) in [5.41, 5.74) is 0.111. The zero-order chi connectivity index (χ0) is 19.4. The molecule has 7 heteroatoms. The zero-order valence-electron chi connectivity index (χ0n) is 15.3. The van der Waals surface area contributed by atoms with E-state index in [0.717, 1.165) is 11.8 Å². The van der Waals surface area contributed by atoms with Crippen molar-refractivity contribution in [2.45, 2.75) is 31.2 Å². The van der Waals surface area contributed by atoms with Gasteiger partial charge in [-0.25, -0.2) is 8.42 Å². The molecule has 1 aliphatic heterocycles. The van der Waals surface area contributed by atoms with E-state index >= 15 is 0 Å². The molecule has 1 fully saturated rings. The highest BCUT2D eigenvalue weighted by molar-refractivity contribution is 7.90. The van der Waals surface area contributed by atoms with Crippen molar-refractivity contribution < 1.29 is 18.0 Å². The third kappa shape index (κ3) is 4.72. The van der Waals surface area contributed by atoms with E-state index in [1.807, 2.05) is 30.3 Å². The first kappa shape index (κ1) is 20.2. The second-order valence-corrected chi connectivity index (χ2v) is 9.13. The first-order chi connectivity index (χ1) is 12.2. The molecular formula is C19H26N2O4S. The predicted molar refractivity (Wildman–Crippen MR) is 101 cm³/mol. The minimum Gasteiger partial charge on any atom is -0.352 e. The molecular weight excluding hydrogens is 352 g/mol. The van der Waals surface area contributed by atoms with Gasteiger partial charge in [0.25, 0.3) is 0 Å². The summed E-state index contributed by atoms with van der Waals surface area (Å²) < 4.78 is 23.0. The van der Waals surface area contributed by atoms with Crippen LogP contribution in [0.4, 0.5) is 0 Å². The van der Waals surface area contributed by atoms with Crippen molar-refractivity contribution in [3.05, 3.63) is 48.6 Å². The number of hydrogen-bond donors (Lipinski definition) is 1. The van der Waals surface area contributed by atoms with Crippen molar-refractivity contribution in [3.63, 3.8) is 0 Å². The first-order valence-electron chi connectivity index (χ1n) is 8.63. The Morgan fingerprint density at radius 1 is 1.27 bits per heavy atom. The molecule has 1 atom stereocenters. The number of nitrogens with one attached hydrogen (secondary N) is 1. The summed E-state index contributed by atoms with van der Waals surface area (Å²) in [6.07, 6.45) is 3.40. The summed E-state index contributed by atoms with van der Waals surface area (Å²) in [6.45, 7) is 6.10. The summed E-state index contributed by atoms with van der Waals surface area (Å²) in [6, 6.07) is 8.98. The maximum Gasteiger partial charge on any atom is 0.245 e. The van der Waals surface area contributed by atoms with Crippen LogP contribution in [-0.2, 0) is 24.8 Å². The van der Waals surface area contributed by atoms with Gasteiger partial charge >= 0.3 is 0 Å². The van der Waals surface area contributed by atoms with Crippen molar-refractivity contribution in [3.8, 4) is 0 Å². The summed E-state index contributed by atoms with van der Waals surface area (Å²) in [5, 5.41) is 2.86. The van der Waals surface area contributed by atoms with Crippen LogP contribution in [0.15, 0.2) is 43.0 Å². The maximum atomic E-state index is 13.1. The van der Waals surface area contributed by atoms with E-state index in [1.54, 1.807) is 11.8 Å². The molecule has 2 amide bonds. The topological polar surface area (TPSA) is 83.6 Å². The van der Waals surface area contributed by atoms with E-state index < -0.39 is 21.3 Å². The minimum absolute atomic E-state index is 0.106. The molecule has 0 aromatic heterocycles. The number of carbonyl (C=O) groups excluding carboxylic acids is 2. The van der Waals surface area contributed by atoms with Crippen molar-refractivity contribution in [1.82, 2.24) is 10.2 Å². The number of sulfone groups is 1. The zero-order valence-corrected chi connectivity index (χ0v) is 16.1. The quantitative estimate of drug-likeness (QED) is 0.756. The number of piperidine rings is 1. The van der Waals surface area contributed by atoms with E-state index in [-0.39, 0.29) is 17.6 Å². The average molecular weight is 378 g/mol. The molecule has 0 radical (unpaired) electrons. The number of hydrogen-bond acceptors (Lipinski definition) is 4. The highest BCUT2D eigenvalue weighted by atomic mass is 32.2. The molecule has 142 valence electrons. The molecule has 0 spiro atoms. The van der Waals surface area contributed by atoms with Crippen molar-refractivity contribution >= 4 is 21.7 Å². The number of benzene rings is 1. The second kappa shape index (κ2) is 8.03. The van der Waals surface area contributed by atoms with Crippen LogP contribution in [0.5, 0.6) is 0 Å². The lowest BCUT2D eigenvalue weighted by atomic mass is 9.71. The Hall–Kier alpha value is -2.15. The highest BCUT2D eigenvalue weighted by Crippen LogP contribution is 2.36. The fourth-order valence-electron chi connectivity index (χ4n) is 3.50. The van der Waals surface area contributed by atoms with Gasteiger partial charge in [0.2, 0.25) is 11.8 Å². The number of rotatable bonds is 6. The Morgan fingerprint density at radius 3 is 2.35 bits per heavy atom. The van der Waals surface area contributed by atoms with E-state index in [9.17, 15) is 18.0 Å². The van der Waals surface area contributed by atoms with Gasteiger partial charge in [-0.05, 0) is 31.4 Å². The fourth-order valence-corrected chi connectivity index (χ4v) is 4.49. The van der Waals surface area contributed by atoms with Gasteiger partial charge in [-0.3, -0.25) is 9.59 Å². The monoisotopic (exact) mass is 378 g/mol. The molecule has 1 aliphatic rings. The number of amides is 2. The van der Waals surface area contributed by atoms with Gasteiger partial charge in [-0.2, -0.15) is 0 Å². The lowest BCUT2D eigenvalue weighted by Crippen LogP contribution is -2.54. The van der Waals surface area contributed by atoms with Crippen molar-refractivity contribution in [2.75, 3.05) is 25.1 Å². The van der Waals surface area contributed by atoms with Crippen molar-refractivity contribution in [2.24, 2.45) is 0 Å². The molecule has 0 aliphatic carbocycles. The second-order valence-electron chi connectivity index (χ2n) is 6.94. The van der Waals surface area contributed by atoms with Gasteiger partial charge in [-0.1, -0.05) is 36.9 Å². The van der Waals surface area contributed by atoms with E-state index in [2.05, 4.69) is 11.9 Å². The van der Waals surface area contributed by atoms with E-state index in [0.29, 0.717) is 25.9 Å². The van der Waals surface area contributed by atoms with Gasteiger partial charge in [-0.15, -0.1) is 0 Å². The molecule has 26 heavy (non-hydrogen) atoms. The lowest BCUT2D eigenvalue weighted by Gasteiger charge is -2.41. The molecule has 1 N–H and O–H groups in total. The Kier molecular flexibility index (Phi) is 6.23. The standard InChI is InChI=1S/C19H26N2O4S/c1-4-17(22)21-12-10-19(11-13-21,16-8-6-5-7-9-16)18(23)20-15(2)14-26(3,24)25/h4-9,15H,1,10-14H2,2-3H3,(H,20,23). The SMILES string of the molecule is C=CC(=O)N1CCC(C(=O)NC(C)CS(C)(=O)=O)(c2ccccc2)CC1. The van der Waals surface area contributed by atoms with Crippen LogP contribution in [0.25, 0.3) is 0 Å². The largest absolute Gasteiger partial charge is 0.352 e. The number of likely N-dealkylation sites (tertiary alicyclic amines) is 1. The lowest BCUT2D eigenvalue weighted by molar-refractivity contribution is -0.134. The average Bonchev–Trinajstić information content (AvgIpc) is 2.60. The molecule has 6 nitrogen and oxygen atoms in total. The minimum atomic E-state index is -3.19. The van der Waals surface area contributed by atoms with Gasteiger partial charge in [0.15, 0.2) is 0 Å². The van der Waals surface area contributed by atoms with Gasteiger partial charge in [0.05, 0.1) is 11.2 Å². The molecule has 1 aromatic carbocycles. The van der Waals surface area contributed by atoms with Crippen LogP contribution in [0.3, 0.4) is 0 Å². The molecule has 1 heterocycles. The van der Waals surface area contributed by atoms with Crippen LogP contribution in [0, 0.1) is 0 Å². The molecule has 0 bridgehead atoms. The summed E-state index contributed by atoms with van der Waals surface area (Å²) in [7, 11) is -3.19. The molecule has 1 unspecified atom stereocenters. The third-order valence-electron chi connectivity index (χ3n) is 4.79. The highest BCUT2D eigenvalue weighted by Gasteiger charge is 2.43. The predicted octanol–water partition coefficient (Wildman–Crippen LogP) is 1.28. The Labute approximate surface area is 155 Å². The van der Waals surface area contributed by atoms with Crippen LogP contribution < -0.4 is 5.32 Å². The van der Waals surface area contributed by atoms with Crippen LogP contribution in [0.1, 0.15) is 25.3 Å². The summed E-state index contributed by atoms with van der Waals surface area (Å²) in [4.78, 5) is 26.7. The molecule has 1 saturated heterocycles. The van der Waals surface area contributed by atoms with Crippen LogP contribution >= 0.6 is 0 Å². The fraction of sp³-hybridized carbons (Fsp3) is 0.474. The third-order valence-corrected chi connectivity index (χ3v) is 5.90. The smallest absolute Gasteiger partial charge is 0.245 e. The Balaban J connectivity index is 2.24. The van der Waals surface area contributed by atoms with Gasteiger partial charge in [0.1, 0.15) is 9.84 Å². The molecule has 0 saturated carbocycles. The summed E-state index contributed by atoms with van der Waals surface area (Å²) in [5.74, 6) is -0.437. The Morgan fingerprint density at radius 2 is 1.85 bits per heavy atom. The van der Waals surface area contributed by atoms with Crippen LogP contribution in [-0.4, -0.2) is 56.3 Å². The summed E-state index contributed by atoms with van der Waals surface area (Å²) >= 11 is 0. The first-order valence-corrected chi connectivity index (χ1v) is 10.7. The molecule has 2 rings (SSSR count). The van der Waals surface area contributed by atoms with E-state index in [1.165, 1.54) is 6.08 Å². The van der Waals surface area contributed by atoms with E-state index in [4.69, 9.17) is 0 Å². The maximum absolute atomic E-state index is 13.1.